The first-order chi connectivity index (χ1) is 32.1. The van der Waals surface area contributed by atoms with Crippen LogP contribution in [0.15, 0.2) is 97.1 Å². The van der Waals surface area contributed by atoms with Gasteiger partial charge in [-0.05, 0) is 96.2 Å². The summed E-state index contributed by atoms with van der Waals surface area (Å²) in [6.07, 6.45) is 47.7. The fraction of sp³-hybridized carbons (Fsp3) is 0.619. The van der Waals surface area contributed by atoms with Crippen LogP contribution in [0.5, 0.6) is 0 Å². The maximum atomic E-state index is 6.06. The topological polar surface area (TPSA) is 52.0 Å². The quantitative estimate of drug-likeness (QED) is 0.0345. The van der Waals surface area contributed by atoms with E-state index in [0.717, 1.165) is 11.4 Å². The minimum atomic E-state index is 0.467. The molecular formula is C63H98N2. The van der Waals surface area contributed by atoms with Crippen LogP contribution in [-0.2, 0) is 12.8 Å². The standard InChI is InChI=1S/C63H98N2/c1-3-5-7-9-11-18-24-28-32-36-62(58-46-50-60(64)51-47-58)56-42-38-54(39-43-56)34-30-26-22-20-16-14-13-15-17-21-23-27-31-35-55-40-44-57(45-41-55)63(59-48-52-61(65)53-49-59)37-33-29-25-19-12-10-8-6-4-2/h38-53,62-63H,3-37,64-65H2,1-2H3. The average Bonchev–Trinajstić information content (AvgIpc) is 3.33. The van der Waals surface area contributed by atoms with E-state index in [-0.39, 0.29) is 0 Å². The summed E-state index contributed by atoms with van der Waals surface area (Å²) >= 11 is 0. The van der Waals surface area contributed by atoms with E-state index in [4.69, 9.17) is 11.5 Å². The second kappa shape index (κ2) is 35.6. The number of anilines is 2. The number of nitrogens with two attached hydrogens (primary N) is 2. The molecule has 0 radical (unpaired) electrons. The van der Waals surface area contributed by atoms with Crippen LogP contribution < -0.4 is 11.5 Å². The maximum Gasteiger partial charge on any atom is 0.0314 e. The molecule has 2 unspecified atom stereocenters. The normalized spacial score (nSPS) is 12.5. The molecule has 0 aromatic heterocycles. The van der Waals surface area contributed by atoms with Crippen LogP contribution in [0, 0.1) is 0 Å². The van der Waals surface area contributed by atoms with Crippen molar-refractivity contribution < 1.29 is 0 Å². The number of unbranched alkanes of at least 4 members (excludes halogenated alkanes) is 28. The molecular weight excluding hydrogens is 785 g/mol. The monoisotopic (exact) mass is 883 g/mol. The molecule has 0 bridgehead atoms. The Bertz CT molecular complexity index is 1540. The fourth-order valence-corrected chi connectivity index (χ4v) is 10.3. The van der Waals surface area contributed by atoms with Crippen molar-refractivity contribution in [3.05, 3.63) is 130 Å². The molecule has 65 heavy (non-hydrogen) atoms. The zero-order chi connectivity index (χ0) is 45.8. The molecule has 0 saturated carbocycles. The Morgan fingerprint density at radius 2 is 0.477 bits per heavy atom. The Hall–Kier alpha value is -3.52. The van der Waals surface area contributed by atoms with Gasteiger partial charge in [0, 0.05) is 23.2 Å². The second-order valence-electron chi connectivity index (χ2n) is 20.3. The van der Waals surface area contributed by atoms with Gasteiger partial charge < -0.3 is 11.5 Å². The lowest BCUT2D eigenvalue weighted by Crippen LogP contribution is -2.02. The Morgan fingerprint density at radius 1 is 0.262 bits per heavy atom. The highest BCUT2D eigenvalue weighted by Gasteiger charge is 2.16. The van der Waals surface area contributed by atoms with Gasteiger partial charge in [-0.25, -0.2) is 0 Å². The molecule has 360 valence electrons. The van der Waals surface area contributed by atoms with Gasteiger partial charge >= 0.3 is 0 Å². The largest absolute Gasteiger partial charge is 0.399 e. The van der Waals surface area contributed by atoms with E-state index in [0.29, 0.717) is 11.8 Å². The van der Waals surface area contributed by atoms with Gasteiger partial charge in [-0.2, -0.15) is 0 Å². The maximum absolute atomic E-state index is 6.06. The van der Waals surface area contributed by atoms with Gasteiger partial charge in [-0.3, -0.25) is 0 Å². The minimum Gasteiger partial charge on any atom is -0.399 e. The van der Waals surface area contributed by atoms with Crippen LogP contribution in [0.4, 0.5) is 11.4 Å². The van der Waals surface area contributed by atoms with E-state index >= 15 is 0 Å². The predicted octanol–water partition coefficient (Wildman–Crippen LogP) is 19.8. The number of benzene rings is 4. The molecule has 0 amide bonds. The summed E-state index contributed by atoms with van der Waals surface area (Å²) in [5, 5.41) is 0. The highest BCUT2D eigenvalue weighted by atomic mass is 14.5. The van der Waals surface area contributed by atoms with Crippen LogP contribution >= 0.6 is 0 Å². The van der Waals surface area contributed by atoms with Crippen LogP contribution in [-0.4, -0.2) is 0 Å². The fourth-order valence-electron chi connectivity index (χ4n) is 10.3. The summed E-state index contributed by atoms with van der Waals surface area (Å²) < 4.78 is 0. The molecule has 0 fully saturated rings. The summed E-state index contributed by atoms with van der Waals surface area (Å²) in [5.74, 6) is 0.934. The molecule has 4 N–H and O–H groups in total. The summed E-state index contributed by atoms with van der Waals surface area (Å²) in [6, 6.07) is 36.6. The Labute approximate surface area is 402 Å². The Morgan fingerprint density at radius 3 is 0.738 bits per heavy atom. The summed E-state index contributed by atoms with van der Waals surface area (Å²) in [5.41, 5.74) is 22.6. The Kier molecular flexibility index (Phi) is 29.7. The lowest BCUT2D eigenvalue weighted by Gasteiger charge is -2.19. The molecule has 0 aliphatic heterocycles. The van der Waals surface area contributed by atoms with Gasteiger partial charge in [0.05, 0.1) is 0 Å². The first kappa shape index (κ1) is 54.1. The van der Waals surface area contributed by atoms with Crippen LogP contribution in [0.3, 0.4) is 0 Å². The van der Waals surface area contributed by atoms with Crippen molar-refractivity contribution in [1.82, 2.24) is 0 Å². The van der Waals surface area contributed by atoms with Gasteiger partial charge in [-0.1, -0.05) is 273 Å². The lowest BCUT2D eigenvalue weighted by atomic mass is 9.86. The van der Waals surface area contributed by atoms with E-state index in [1.54, 1.807) is 0 Å². The highest BCUT2D eigenvalue weighted by molar-refractivity contribution is 5.44. The van der Waals surface area contributed by atoms with Crippen LogP contribution in [0.25, 0.3) is 0 Å². The number of nitrogen functional groups attached to an aromatic ring is 2. The molecule has 2 nitrogen and oxygen atoms in total. The van der Waals surface area contributed by atoms with Crippen molar-refractivity contribution in [2.75, 3.05) is 11.5 Å². The van der Waals surface area contributed by atoms with Crippen molar-refractivity contribution in [3.8, 4) is 0 Å². The summed E-state index contributed by atoms with van der Waals surface area (Å²) in [6.45, 7) is 4.60. The van der Waals surface area contributed by atoms with Gasteiger partial charge in [0.25, 0.3) is 0 Å². The molecule has 0 aliphatic carbocycles. The van der Waals surface area contributed by atoms with E-state index in [1.165, 1.54) is 258 Å². The highest BCUT2D eigenvalue weighted by Crippen LogP contribution is 2.33. The smallest absolute Gasteiger partial charge is 0.0314 e. The van der Waals surface area contributed by atoms with Crippen LogP contribution in [0.2, 0.25) is 0 Å². The van der Waals surface area contributed by atoms with Crippen molar-refractivity contribution in [3.63, 3.8) is 0 Å². The lowest BCUT2D eigenvalue weighted by molar-refractivity contribution is 0.536. The zero-order valence-electron chi connectivity index (χ0n) is 42.3. The van der Waals surface area contributed by atoms with Crippen molar-refractivity contribution in [2.45, 2.75) is 250 Å². The van der Waals surface area contributed by atoms with Crippen molar-refractivity contribution >= 4 is 11.4 Å². The third kappa shape index (κ3) is 24.2. The molecule has 2 atom stereocenters. The average molecular weight is 883 g/mol. The molecule has 4 rings (SSSR count). The SMILES string of the molecule is CCCCCCCCCCCC(c1ccc(N)cc1)c1ccc(CCCCCCCCCCCCCCCc2ccc(C(CCCCCCCCCCC)c3ccc(N)cc3)cc2)cc1. The second-order valence-corrected chi connectivity index (χ2v) is 20.3. The number of hydrogen-bond donors (Lipinski definition) is 2. The third-order valence-electron chi connectivity index (χ3n) is 14.6. The van der Waals surface area contributed by atoms with Gasteiger partial charge in [-0.15, -0.1) is 0 Å². The van der Waals surface area contributed by atoms with Crippen molar-refractivity contribution in [2.24, 2.45) is 0 Å². The van der Waals surface area contributed by atoms with E-state index in [9.17, 15) is 0 Å². The third-order valence-corrected chi connectivity index (χ3v) is 14.6. The van der Waals surface area contributed by atoms with E-state index in [2.05, 4.69) is 111 Å². The van der Waals surface area contributed by atoms with Gasteiger partial charge in [0.1, 0.15) is 0 Å². The first-order valence-corrected chi connectivity index (χ1v) is 28.0. The van der Waals surface area contributed by atoms with Crippen molar-refractivity contribution in [1.29, 1.82) is 0 Å². The first-order valence-electron chi connectivity index (χ1n) is 28.0. The molecule has 0 saturated heterocycles. The van der Waals surface area contributed by atoms with Gasteiger partial charge in [0.15, 0.2) is 0 Å². The van der Waals surface area contributed by atoms with E-state index < -0.39 is 0 Å². The molecule has 0 aliphatic rings. The number of hydrogen-bond acceptors (Lipinski definition) is 2. The predicted molar refractivity (Wildman–Crippen MR) is 289 cm³/mol. The molecule has 2 heteroatoms. The van der Waals surface area contributed by atoms with E-state index in [1.807, 2.05) is 0 Å². The van der Waals surface area contributed by atoms with Crippen LogP contribution in [0.1, 0.15) is 271 Å². The summed E-state index contributed by atoms with van der Waals surface area (Å²) in [4.78, 5) is 0. The minimum absolute atomic E-state index is 0.467. The Balaban J connectivity index is 0.998. The molecule has 0 spiro atoms. The van der Waals surface area contributed by atoms with Gasteiger partial charge in [0.2, 0.25) is 0 Å². The summed E-state index contributed by atoms with van der Waals surface area (Å²) in [7, 11) is 0. The number of rotatable bonds is 40. The molecule has 4 aromatic carbocycles. The molecule has 0 heterocycles. The molecule has 4 aromatic rings. The zero-order valence-corrected chi connectivity index (χ0v) is 42.3. The number of aryl methyl sites for hydroxylation is 2.